The van der Waals surface area contributed by atoms with E-state index in [1.807, 2.05) is 0 Å². The minimum absolute atomic E-state index is 0.0613. The van der Waals surface area contributed by atoms with Gasteiger partial charge in [0.2, 0.25) is 10.0 Å². The van der Waals surface area contributed by atoms with Gasteiger partial charge in [0, 0.05) is 25.1 Å². The fourth-order valence-corrected chi connectivity index (χ4v) is 5.37. The van der Waals surface area contributed by atoms with Crippen molar-refractivity contribution in [2.75, 3.05) is 32.9 Å². The third kappa shape index (κ3) is 5.20. The largest absolute Gasteiger partial charge is 0.490 e. The molecule has 2 aliphatic rings. The van der Waals surface area contributed by atoms with Crippen LogP contribution >= 0.6 is 0 Å². The Bertz CT molecular complexity index is 1190. The standard InChI is InChI=1S/C23H23F2NO7S/c24-17-3-4-18(25)22(13-17)34(29,30)26-8-6-15(7-9-26)23(28)33-14-19(27)16-2-5-20-21(12-16)32-11-1-10-31-20/h2-5,12-13,15H,1,6-11,14H2. The van der Waals surface area contributed by atoms with Crippen LogP contribution in [0.4, 0.5) is 8.78 Å². The quantitative estimate of drug-likeness (QED) is 0.449. The van der Waals surface area contributed by atoms with E-state index < -0.39 is 50.8 Å². The van der Waals surface area contributed by atoms with Gasteiger partial charge in [-0.15, -0.1) is 0 Å². The molecule has 4 rings (SSSR count). The topological polar surface area (TPSA) is 99.2 Å². The summed E-state index contributed by atoms with van der Waals surface area (Å²) in [5.41, 5.74) is 0.315. The average molecular weight is 496 g/mol. The van der Waals surface area contributed by atoms with Gasteiger partial charge in [-0.05, 0) is 49.2 Å². The second kappa shape index (κ2) is 10.1. The van der Waals surface area contributed by atoms with Gasteiger partial charge in [0.15, 0.2) is 23.9 Å². The van der Waals surface area contributed by atoms with Crippen LogP contribution in [0.2, 0.25) is 0 Å². The number of Topliss-reactive ketones (excluding diaryl/α,β-unsaturated/α-hetero) is 1. The fourth-order valence-electron chi connectivity index (χ4n) is 3.82. The summed E-state index contributed by atoms with van der Waals surface area (Å²) in [5.74, 6) is -2.54. The molecular weight excluding hydrogens is 472 g/mol. The summed E-state index contributed by atoms with van der Waals surface area (Å²) in [6.07, 6.45) is 0.993. The third-order valence-corrected chi connectivity index (χ3v) is 7.63. The summed E-state index contributed by atoms with van der Waals surface area (Å²) in [7, 11) is -4.25. The molecule has 0 aromatic heterocycles. The molecule has 182 valence electrons. The Morgan fingerprint density at radius 2 is 1.71 bits per heavy atom. The summed E-state index contributed by atoms with van der Waals surface area (Å²) < 4.78 is 70.0. The zero-order valence-electron chi connectivity index (χ0n) is 18.2. The molecule has 0 atom stereocenters. The van der Waals surface area contributed by atoms with Gasteiger partial charge in [-0.1, -0.05) is 0 Å². The zero-order valence-corrected chi connectivity index (χ0v) is 19.0. The lowest BCUT2D eigenvalue weighted by atomic mass is 9.98. The van der Waals surface area contributed by atoms with Crippen molar-refractivity contribution in [3.05, 3.63) is 53.6 Å². The summed E-state index contributed by atoms with van der Waals surface area (Å²) in [5, 5.41) is 0. The molecule has 0 saturated carbocycles. The van der Waals surface area contributed by atoms with Gasteiger partial charge in [-0.3, -0.25) is 9.59 Å². The van der Waals surface area contributed by atoms with Gasteiger partial charge >= 0.3 is 5.97 Å². The summed E-state index contributed by atoms with van der Waals surface area (Å²) in [6.45, 7) is 0.406. The first-order valence-corrected chi connectivity index (χ1v) is 12.2. The first kappa shape index (κ1) is 24.1. The molecule has 0 radical (unpaired) electrons. The number of sulfonamides is 1. The molecule has 1 saturated heterocycles. The lowest BCUT2D eigenvalue weighted by molar-refractivity contribution is -0.148. The molecule has 0 amide bonds. The molecule has 2 aromatic rings. The average Bonchev–Trinajstić information content (AvgIpc) is 3.08. The first-order valence-electron chi connectivity index (χ1n) is 10.8. The molecule has 1 fully saturated rings. The van der Waals surface area contributed by atoms with Crippen molar-refractivity contribution in [3.63, 3.8) is 0 Å². The number of carbonyl (C=O) groups excluding carboxylic acids is 2. The Morgan fingerprint density at radius 3 is 2.44 bits per heavy atom. The maximum Gasteiger partial charge on any atom is 0.309 e. The van der Waals surface area contributed by atoms with E-state index in [4.69, 9.17) is 14.2 Å². The first-order chi connectivity index (χ1) is 16.3. The second-order valence-corrected chi connectivity index (χ2v) is 9.90. The molecule has 2 aromatic carbocycles. The summed E-state index contributed by atoms with van der Waals surface area (Å²) >= 11 is 0. The van der Waals surface area contributed by atoms with Gasteiger partial charge in [-0.25, -0.2) is 17.2 Å². The van der Waals surface area contributed by atoms with Crippen LogP contribution in [0.25, 0.3) is 0 Å². The number of fused-ring (bicyclic) bond motifs is 1. The molecule has 34 heavy (non-hydrogen) atoms. The monoisotopic (exact) mass is 495 g/mol. The Labute approximate surface area is 195 Å². The number of hydrogen-bond acceptors (Lipinski definition) is 7. The fraction of sp³-hybridized carbons (Fsp3) is 0.391. The number of halogens is 2. The van der Waals surface area contributed by atoms with Crippen molar-refractivity contribution in [1.82, 2.24) is 4.31 Å². The molecule has 2 heterocycles. The maximum atomic E-state index is 14.0. The smallest absolute Gasteiger partial charge is 0.309 e. The number of hydrogen-bond donors (Lipinski definition) is 0. The highest BCUT2D eigenvalue weighted by atomic mass is 32.2. The third-order valence-electron chi connectivity index (χ3n) is 5.71. The number of ketones is 1. The Kier molecular flexibility index (Phi) is 7.13. The van der Waals surface area contributed by atoms with Crippen molar-refractivity contribution in [1.29, 1.82) is 0 Å². The highest BCUT2D eigenvalue weighted by molar-refractivity contribution is 7.89. The van der Waals surface area contributed by atoms with E-state index in [1.54, 1.807) is 18.2 Å². The minimum atomic E-state index is -4.25. The van der Waals surface area contributed by atoms with Crippen LogP contribution < -0.4 is 9.47 Å². The van der Waals surface area contributed by atoms with Crippen LogP contribution in [-0.2, 0) is 19.6 Å². The second-order valence-electron chi connectivity index (χ2n) is 8.00. The van der Waals surface area contributed by atoms with Gasteiger partial charge < -0.3 is 14.2 Å². The van der Waals surface area contributed by atoms with Crippen molar-refractivity contribution in [2.45, 2.75) is 24.2 Å². The Morgan fingerprint density at radius 1 is 1.00 bits per heavy atom. The van der Waals surface area contributed by atoms with E-state index >= 15 is 0 Å². The number of benzene rings is 2. The van der Waals surface area contributed by atoms with Gasteiger partial charge in [-0.2, -0.15) is 4.31 Å². The van der Waals surface area contributed by atoms with Crippen molar-refractivity contribution >= 4 is 21.8 Å². The Balaban J connectivity index is 1.31. The highest BCUT2D eigenvalue weighted by Crippen LogP contribution is 2.31. The van der Waals surface area contributed by atoms with E-state index in [0.29, 0.717) is 36.3 Å². The van der Waals surface area contributed by atoms with Crippen molar-refractivity contribution in [3.8, 4) is 11.5 Å². The van der Waals surface area contributed by atoms with Gasteiger partial charge in [0.05, 0.1) is 19.1 Å². The number of nitrogens with zero attached hydrogens (tertiary/aromatic N) is 1. The highest BCUT2D eigenvalue weighted by Gasteiger charge is 2.34. The van der Waals surface area contributed by atoms with Crippen LogP contribution in [0.3, 0.4) is 0 Å². The normalized spacial score (nSPS) is 17.1. The number of piperidine rings is 1. The summed E-state index contributed by atoms with van der Waals surface area (Å²) in [6, 6.07) is 6.98. The van der Waals surface area contributed by atoms with E-state index in [-0.39, 0.29) is 25.9 Å². The lowest BCUT2D eigenvalue weighted by Crippen LogP contribution is -2.41. The van der Waals surface area contributed by atoms with E-state index in [0.717, 1.165) is 22.9 Å². The number of esters is 1. The van der Waals surface area contributed by atoms with Crippen LogP contribution in [0.5, 0.6) is 11.5 Å². The molecule has 0 N–H and O–H groups in total. The van der Waals surface area contributed by atoms with Gasteiger partial charge in [0.1, 0.15) is 16.5 Å². The zero-order chi connectivity index (χ0) is 24.3. The minimum Gasteiger partial charge on any atom is -0.490 e. The molecule has 8 nitrogen and oxygen atoms in total. The van der Waals surface area contributed by atoms with Crippen LogP contribution in [-0.4, -0.2) is 57.4 Å². The van der Waals surface area contributed by atoms with Gasteiger partial charge in [0.25, 0.3) is 0 Å². The molecule has 0 aliphatic carbocycles. The SMILES string of the molecule is O=C(COC(=O)C1CCN(S(=O)(=O)c2cc(F)ccc2F)CC1)c1ccc2c(c1)OCCCO2. The summed E-state index contributed by atoms with van der Waals surface area (Å²) in [4.78, 5) is 24.2. The van der Waals surface area contributed by atoms with Crippen LogP contribution in [0, 0.1) is 17.6 Å². The molecule has 11 heteroatoms. The van der Waals surface area contributed by atoms with E-state index in [2.05, 4.69) is 0 Å². The molecule has 0 bridgehead atoms. The van der Waals surface area contributed by atoms with Crippen molar-refractivity contribution < 1.29 is 41.0 Å². The number of ether oxygens (including phenoxy) is 3. The predicted octanol–water partition coefficient (Wildman–Crippen LogP) is 2.95. The predicted molar refractivity (Wildman–Crippen MR) is 115 cm³/mol. The number of rotatable bonds is 6. The van der Waals surface area contributed by atoms with Crippen LogP contribution in [0.1, 0.15) is 29.6 Å². The molecular formula is C23H23F2NO7S. The van der Waals surface area contributed by atoms with E-state index in [9.17, 15) is 26.8 Å². The lowest BCUT2D eigenvalue weighted by Gasteiger charge is -2.30. The molecule has 2 aliphatic heterocycles. The van der Waals surface area contributed by atoms with Crippen LogP contribution in [0.15, 0.2) is 41.3 Å². The molecule has 0 unspecified atom stereocenters. The maximum absolute atomic E-state index is 14.0. The van der Waals surface area contributed by atoms with Crippen molar-refractivity contribution in [2.24, 2.45) is 5.92 Å². The van der Waals surface area contributed by atoms with E-state index in [1.165, 1.54) is 0 Å². The Hall–Kier alpha value is -3.05. The molecule has 0 spiro atoms. The number of carbonyl (C=O) groups is 2.